The average Bonchev–Trinajstić information content (AvgIpc) is 3.16. The normalized spacial score (nSPS) is 20.1. The summed E-state index contributed by atoms with van der Waals surface area (Å²) in [6.45, 7) is 5.13. The molecule has 1 aromatic carbocycles. The van der Waals surface area contributed by atoms with Crippen molar-refractivity contribution in [2.45, 2.75) is 38.1 Å². The summed E-state index contributed by atoms with van der Waals surface area (Å²) in [6, 6.07) is 7.89. The average molecular weight is 521 g/mol. The van der Waals surface area contributed by atoms with Crippen LogP contribution in [0.1, 0.15) is 52.8 Å². The summed E-state index contributed by atoms with van der Waals surface area (Å²) in [5.41, 5.74) is 7.76. The van der Waals surface area contributed by atoms with Gasteiger partial charge in [0.2, 0.25) is 17.7 Å². The van der Waals surface area contributed by atoms with Crippen molar-refractivity contribution in [3.8, 4) is 5.88 Å². The molecule has 200 valence electrons. The molecule has 38 heavy (non-hydrogen) atoms. The molecule has 2 aromatic rings. The lowest BCUT2D eigenvalue weighted by atomic mass is 10.0. The number of hydrogen-bond acceptors (Lipinski definition) is 9. The van der Waals surface area contributed by atoms with Gasteiger partial charge in [0, 0.05) is 44.4 Å². The first-order valence-corrected chi connectivity index (χ1v) is 13.1. The van der Waals surface area contributed by atoms with Crippen molar-refractivity contribution in [1.29, 1.82) is 0 Å². The molecule has 11 nitrogen and oxygen atoms in total. The first kappa shape index (κ1) is 25.7. The summed E-state index contributed by atoms with van der Waals surface area (Å²) < 4.78 is 5.64. The fourth-order valence-corrected chi connectivity index (χ4v) is 5.15. The summed E-state index contributed by atoms with van der Waals surface area (Å²) in [6.07, 6.45) is 4.96. The second-order valence-electron chi connectivity index (χ2n) is 9.84. The van der Waals surface area contributed by atoms with Crippen LogP contribution in [0.4, 0.5) is 11.4 Å². The van der Waals surface area contributed by atoms with Gasteiger partial charge in [0.05, 0.1) is 29.6 Å². The fraction of sp³-hybridized carbons (Fsp3) is 0.444. The molecule has 0 saturated carbocycles. The number of piperidine rings is 1. The Labute approximate surface area is 220 Å². The number of ether oxygens (including phenoxy) is 1. The quantitative estimate of drug-likeness (QED) is 0.371. The summed E-state index contributed by atoms with van der Waals surface area (Å²) in [7, 11) is 0. The molecule has 1 atom stereocenters. The number of rotatable bonds is 9. The SMILES string of the molecule is Nc1ccc(OCCCCCN2CCN(c3ccc4c(c3)C(=O)N(C3CCC(=O)NC3=O)C4=O)CC2)nc1. The molecule has 4 heterocycles. The Morgan fingerprint density at radius 1 is 0.947 bits per heavy atom. The smallest absolute Gasteiger partial charge is 0.262 e. The van der Waals surface area contributed by atoms with Gasteiger partial charge in [-0.1, -0.05) is 0 Å². The van der Waals surface area contributed by atoms with E-state index in [1.54, 1.807) is 30.5 Å². The molecule has 0 spiro atoms. The molecule has 2 fully saturated rings. The van der Waals surface area contributed by atoms with Gasteiger partial charge in [-0.2, -0.15) is 0 Å². The van der Waals surface area contributed by atoms with Crippen LogP contribution in [0.15, 0.2) is 36.5 Å². The number of imide groups is 2. The number of nitrogen functional groups attached to an aromatic ring is 1. The number of amides is 4. The van der Waals surface area contributed by atoms with Crippen LogP contribution in [-0.4, -0.2) is 83.8 Å². The number of carbonyl (C=O) groups excluding carboxylic acids is 4. The number of benzene rings is 1. The number of pyridine rings is 1. The van der Waals surface area contributed by atoms with Crippen LogP contribution < -0.4 is 20.7 Å². The third kappa shape index (κ3) is 5.47. The van der Waals surface area contributed by atoms with Crippen LogP contribution >= 0.6 is 0 Å². The lowest BCUT2D eigenvalue weighted by Gasteiger charge is -2.36. The van der Waals surface area contributed by atoms with Gasteiger partial charge in [-0.05, 0) is 56.5 Å². The predicted molar refractivity (Wildman–Crippen MR) is 140 cm³/mol. The first-order chi connectivity index (χ1) is 18.4. The number of nitrogens with two attached hydrogens (primary N) is 1. The highest BCUT2D eigenvalue weighted by Crippen LogP contribution is 2.31. The number of hydrogen-bond donors (Lipinski definition) is 2. The van der Waals surface area contributed by atoms with Crippen molar-refractivity contribution in [2.75, 3.05) is 50.0 Å². The Morgan fingerprint density at radius 3 is 2.47 bits per heavy atom. The number of anilines is 2. The van der Waals surface area contributed by atoms with E-state index in [1.807, 2.05) is 6.07 Å². The molecular weight excluding hydrogens is 488 g/mol. The summed E-state index contributed by atoms with van der Waals surface area (Å²) in [5.74, 6) is -1.34. The molecule has 1 aromatic heterocycles. The van der Waals surface area contributed by atoms with Crippen LogP contribution in [0, 0.1) is 0 Å². The van der Waals surface area contributed by atoms with Crippen molar-refractivity contribution >= 4 is 35.0 Å². The molecule has 1 unspecified atom stereocenters. The minimum Gasteiger partial charge on any atom is -0.478 e. The van der Waals surface area contributed by atoms with Gasteiger partial charge in [0.25, 0.3) is 11.8 Å². The summed E-state index contributed by atoms with van der Waals surface area (Å²) >= 11 is 0. The minimum atomic E-state index is -0.951. The van der Waals surface area contributed by atoms with Gasteiger partial charge in [0.1, 0.15) is 6.04 Å². The largest absolute Gasteiger partial charge is 0.478 e. The number of nitrogens with zero attached hydrogens (tertiary/aromatic N) is 4. The highest BCUT2D eigenvalue weighted by molar-refractivity contribution is 6.23. The monoisotopic (exact) mass is 520 g/mol. The zero-order valence-electron chi connectivity index (χ0n) is 21.2. The Balaban J connectivity index is 1.07. The van der Waals surface area contributed by atoms with E-state index in [0.717, 1.165) is 62.6 Å². The third-order valence-corrected chi connectivity index (χ3v) is 7.29. The highest BCUT2D eigenvalue weighted by atomic mass is 16.5. The fourth-order valence-electron chi connectivity index (χ4n) is 5.15. The van der Waals surface area contributed by atoms with Crippen LogP contribution in [0.25, 0.3) is 0 Å². The molecule has 0 bridgehead atoms. The minimum absolute atomic E-state index is 0.105. The van der Waals surface area contributed by atoms with Gasteiger partial charge in [-0.3, -0.25) is 34.3 Å². The number of piperazine rings is 1. The van der Waals surface area contributed by atoms with Crippen molar-refractivity contribution in [3.05, 3.63) is 47.7 Å². The number of aromatic nitrogens is 1. The van der Waals surface area contributed by atoms with Gasteiger partial charge in [-0.15, -0.1) is 0 Å². The van der Waals surface area contributed by atoms with E-state index in [1.165, 1.54) is 0 Å². The molecule has 0 aliphatic carbocycles. The summed E-state index contributed by atoms with van der Waals surface area (Å²) in [4.78, 5) is 59.6. The topological polar surface area (TPSA) is 138 Å². The Bertz CT molecular complexity index is 1220. The van der Waals surface area contributed by atoms with E-state index < -0.39 is 23.8 Å². The van der Waals surface area contributed by atoms with Crippen molar-refractivity contribution < 1.29 is 23.9 Å². The lowest BCUT2D eigenvalue weighted by molar-refractivity contribution is -0.136. The third-order valence-electron chi connectivity index (χ3n) is 7.29. The van der Waals surface area contributed by atoms with Gasteiger partial charge in [-0.25, -0.2) is 4.98 Å². The predicted octanol–water partition coefficient (Wildman–Crippen LogP) is 1.44. The zero-order chi connectivity index (χ0) is 26.6. The van der Waals surface area contributed by atoms with Crippen LogP contribution in [0.2, 0.25) is 0 Å². The van der Waals surface area contributed by atoms with Gasteiger partial charge >= 0.3 is 0 Å². The number of carbonyl (C=O) groups is 4. The van der Waals surface area contributed by atoms with Crippen molar-refractivity contribution in [2.24, 2.45) is 0 Å². The van der Waals surface area contributed by atoms with E-state index in [0.29, 0.717) is 29.3 Å². The number of fused-ring (bicyclic) bond motifs is 1. The second kappa shape index (κ2) is 11.2. The van der Waals surface area contributed by atoms with Gasteiger partial charge in [0.15, 0.2) is 0 Å². The molecule has 11 heteroatoms. The molecule has 3 aliphatic rings. The molecule has 3 N–H and O–H groups in total. The second-order valence-corrected chi connectivity index (χ2v) is 9.84. The Hall–Kier alpha value is -3.99. The van der Waals surface area contributed by atoms with E-state index in [2.05, 4.69) is 20.1 Å². The van der Waals surface area contributed by atoms with Crippen molar-refractivity contribution in [1.82, 2.24) is 20.1 Å². The zero-order valence-corrected chi connectivity index (χ0v) is 21.2. The maximum absolute atomic E-state index is 13.1. The Morgan fingerprint density at radius 2 is 1.74 bits per heavy atom. The van der Waals surface area contributed by atoms with Crippen LogP contribution in [-0.2, 0) is 9.59 Å². The van der Waals surface area contributed by atoms with Crippen LogP contribution in [0.3, 0.4) is 0 Å². The maximum atomic E-state index is 13.1. The molecule has 3 aliphatic heterocycles. The van der Waals surface area contributed by atoms with E-state index >= 15 is 0 Å². The summed E-state index contributed by atoms with van der Waals surface area (Å²) in [5, 5.41) is 2.22. The molecule has 5 rings (SSSR count). The van der Waals surface area contributed by atoms with Crippen LogP contribution in [0.5, 0.6) is 5.88 Å². The standard InChI is InChI=1S/C27H32N6O5/c28-18-4-9-24(29-17-18)38-15-3-1-2-10-31-11-13-32(14-12-31)19-5-6-20-21(16-19)27(37)33(26(20)36)22-7-8-23(34)30-25(22)35/h4-6,9,16-17,22H,1-3,7-8,10-15,28H2,(H,30,34,35). The number of unbranched alkanes of at least 4 members (excludes halogenated alkanes) is 2. The molecule has 2 saturated heterocycles. The maximum Gasteiger partial charge on any atom is 0.262 e. The first-order valence-electron chi connectivity index (χ1n) is 13.1. The highest BCUT2D eigenvalue weighted by Gasteiger charge is 2.44. The van der Waals surface area contributed by atoms with E-state index in [9.17, 15) is 19.2 Å². The lowest BCUT2D eigenvalue weighted by Crippen LogP contribution is -2.54. The Kier molecular flexibility index (Phi) is 7.54. The van der Waals surface area contributed by atoms with E-state index in [4.69, 9.17) is 10.5 Å². The number of nitrogens with one attached hydrogen (secondary N) is 1. The molecule has 0 radical (unpaired) electrons. The van der Waals surface area contributed by atoms with E-state index in [-0.39, 0.29) is 18.7 Å². The molecular formula is C27H32N6O5. The van der Waals surface area contributed by atoms with Crippen molar-refractivity contribution in [3.63, 3.8) is 0 Å². The van der Waals surface area contributed by atoms with Gasteiger partial charge < -0.3 is 15.4 Å². The molecule has 4 amide bonds.